The zero-order valence-corrected chi connectivity index (χ0v) is 14.7. The lowest BCUT2D eigenvalue weighted by Crippen LogP contribution is -1.98. The molecule has 0 fully saturated rings. The number of thiazole rings is 1. The predicted molar refractivity (Wildman–Crippen MR) is 100.0 cm³/mol. The van der Waals surface area contributed by atoms with Crippen molar-refractivity contribution < 1.29 is 15.0 Å². The van der Waals surface area contributed by atoms with Gasteiger partial charge in [-0.3, -0.25) is 0 Å². The summed E-state index contributed by atoms with van der Waals surface area (Å²) in [6.45, 7) is 4.31. The van der Waals surface area contributed by atoms with E-state index in [9.17, 15) is 9.90 Å². The van der Waals surface area contributed by atoms with Crippen molar-refractivity contribution in [1.82, 2.24) is 4.98 Å². The number of aromatic nitrogens is 1. The summed E-state index contributed by atoms with van der Waals surface area (Å²) in [5.41, 5.74) is 3.59. The van der Waals surface area contributed by atoms with Crippen molar-refractivity contribution in [2.45, 2.75) is 19.8 Å². The molecular formula is C19H18N2O3S. The van der Waals surface area contributed by atoms with E-state index in [2.05, 4.69) is 48.4 Å². The van der Waals surface area contributed by atoms with E-state index in [4.69, 9.17) is 5.11 Å². The molecule has 0 aliphatic heterocycles. The van der Waals surface area contributed by atoms with Crippen molar-refractivity contribution in [1.29, 1.82) is 0 Å². The number of nitrogens with zero attached hydrogens (tertiary/aromatic N) is 1. The fourth-order valence-corrected chi connectivity index (χ4v) is 3.15. The lowest BCUT2D eigenvalue weighted by molar-refractivity contribution is 0.0694. The zero-order valence-electron chi connectivity index (χ0n) is 13.9. The number of aromatic hydroxyl groups is 1. The molecule has 25 heavy (non-hydrogen) atoms. The summed E-state index contributed by atoms with van der Waals surface area (Å²) in [4.78, 5) is 15.6. The molecule has 1 aromatic heterocycles. The second-order valence-electron chi connectivity index (χ2n) is 5.98. The summed E-state index contributed by atoms with van der Waals surface area (Å²) < 4.78 is 0. The highest BCUT2D eigenvalue weighted by Crippen LogP contribution is 2.29. The molecule has 5 nitrogen and oxygen atoms in total. The minimum absolute atomic E-state index is 0.147. The van der Waals surface area contributed by atoms with Crippen LogP contribution in [0.5, 0.6) is 5.75 Å². The zero-order chi connectivity index (χ0) is 18.0. The van der Waals surface area contributed by atoms with Gasteiger partial charge in [-0.25, -0.2) is 9.78 Å². The second-order valence-corrected chi connectivity index (χ2v) is 6.83. The first-order chi connectivity index (χ1) is 11.9. The van der Waals surface area contributed by atoms with Crippen molar-refractivity contribution >= 4 is 28.1 Å². The molecular weight excluding hydrogens is 336 g/mol. The third-order valence-corrected chi connectivity index (χ3v) is 4.61. The van der Waals surface area contributed by atoms with Gasteiger partial charge in [0.25, 0.3) is 0 Å². The maximum absolute atomic E-state index is 11.1. The number of hydrogen-bond donors (Lipinski definition) is 3. The molecule has 1 heterocycles. The van der Waals surface area contributed by atoms with Gasteiger partial charge in [0.1, 0.15) is 11.3 Å². The van der Waals surface area contributed by atoms with Crippen LogP contribution in [0.15, 0.2) is 47.8 Å². The van der Waals surface area contributed by atoms with Crippen molar-refractivity contribution in [3.8, 4) is 17.0 Å². The van der Waals surface area contributed by atoms with Gasteiger partial charge in [0.05, 0.1) is 5.69 Å². The number of carboxylic acid groups (broad SMARTS) is 1. The number of hydrogen-bond acceptors (Lipinski definition) is 5. The van der Waals surface area contributed by atoms with Crippen LogP contribution in [0.4, 0.5) is 10.8 Å². The molecule has 0 spiro atoms. The Morgan fingerprint density at radius 3 is 2.52 bits per heavy atom. The summed E-state index contributed by atoms with van der Waals surface area (Å²) in [6.07, 6.45) is 0. The fourth-order valence-electron chi connectivity index (χ4n) is 2.41. The summed E-state index contributed by atoms with van der Waals surface area (Å²) in [5.74, 6) is -0.950. The molecule has 2 aromatic carbocycles. The molecule has 3 aromatic rings. The van der Waals surface area contributed by atoms with Crippen LogP contribution in [0, 0.1) is 0 Å². The van der Waals surface area contributed by atoms with Crippen LogP contribution >= 0.6 is 11.3 Å². The van der Waals surface area contributed by atoms with Crippen molar-refractivity contribution in [3.05, 3.63) is 59.0 Å². The van der Waals surface area contributed by atoms with Gasteiger partial charge in [-0.2, -0.15) is 0 Å². The Morgan fingerprint density at radius 2 is 1.88 bits per heavy atom. The number of carbonyl (C=O) groups is 1. The quantitative estimate of drug-likeness (QED) is 0.557. The lowest BCUT2D eigenvalue weighted by Gasteiger charge is -2.06. The average molecular weight is 354 g/mol. The molecule has 0 aliphatic carbocycles. The van der Waals surface area contributed by atoms with Gasteiger partial charge in [0.15, 0.2) is 5.13 Å². The SMILES string of the molecule is CC(C)c1ccc(-c2csc(Nc3ccc(O)c(C(=O)O)c3)n2)cc1. The first kappa shape index (κ1) is 17.0. The number of rotatable bonds is 5. The molecule has 6 heteroatoms. The number of benzene rings is 2. The van der Waals surface area contributed by atoms with Crippen LogP contribution in [0.3, 0.4) is 0 Å². The summed E-state index contributed by atoms with van der Waals surface area (Å²) in [5, 5.41) is 24.3. The molecule has 128 valence electrons. The van der Waals surface area contributed by atoms with E-state index in [1.54, 1.807) is 6.07 Å². The first-order valence-electron chi connectivity index (χ1n) is 7.83. The molecule has 0 atom stereocenters. The van der Waals surface area contributed by atoms with E-state index < -0.39 is 5.97 Å². The molecule has 0 saturated carbocycles. The van der Waals surface area contributed by atoms with Crippen LogP contribution in [-0.4, -0.2) is 21.2 Å². The number of anilines is 2. The Kier molecular flexibility index (Phi) is 4.72. The van der Waals surface area contributed by atoms with Crippen molar-refractivity contribution in [3.63, 3.8) is 0 Å². The standard InChI is InChI=1S/C19H18N2O3S/c1-11(2)12-3-5-13(6-4-12)16-10-25-19(21-16)20-14-7-8-17(22)15(9-14)18(23)24/h3-11,22H,1-2H3,(H,20,21)(H,23,24). The van der Waals surface area contributed by atoms with E-state index in [-0.39, 0.29) is 11.3 Å². The highest BCUT2D eigenvalue weighted by Gasteiger charge is 2.11. The van der Waals surface area contributed by atoms with Gasteiger partial charge < -0.3 is 15.5 Å². The first-order valence-corrected chi connectivity index (χ1v) is 8.71. The van der Waals surface area contributed by atoms with Gasteiger partial charge >= 0.3 is 5.97 Å². The molecule has 0 bridgehead atoms. The molecule has 0 unspecified atom stereocenters. The Morgan fingerprint density at radius 1 is 1.16 bits per heavy atom. The largest absolute Gasteiger partial charge is 0.507 e. The van der Waals surface area contributed by atoms with Crippen LogP contribution in [0.25, 0.3) is 11.3 Å². The maximum Gasteiger partial charge on any atom is 0.339 e. The second kappa shape index (κ2) is 6.94. The van der Waals surface area contributed by atoms with Gasteiger partial charge in [-0.05, 0) is 29.7 Å². The number of phenols is 1. The topological polar surface area (TPSA) is 82.5 Å². The van der Waals surface area contributed by atoms with E-state index in [0.29, 0.717) is 16.7 Å². The predicted octanol–water partition coefficient (Wildman–Crippen LogP) is 5.08. The molecule has 0 saturated heterocycles. The monoisotopic (exact) mass is 354 g/mol. The minimum Gasteiger partial charge on any atom is -0.507 e. The number of aromatic carboxylic acids is 1. The maximum atomic E-state index is 11.1. The third kappa shape index (κ3) is 3.80. The lowest BCUT2D eigenvalue weighted by atomic mass is 10.0. The van der Waals surface area contributed by atoms with E-state index in [1.807, 2.05) is 5.38 Å². The average Bonchev–Trinajstić information content (AvgIpc) is 3.05. The highest BCUT2D eigenvalue weighted by atomic mass is 32.1. The van der Waals surface area contributed by atoms with Crippen LogP contribution < -0.4 is 5.32 Å². The van der Waals surface area contributed by atoms with Gasteiger partial charge in [-0.15, -0.1) is 11.3 Å². The number of carboxylic acids is 1. The molecule has 0 radical (unpaired) electrons. The van der Waals surface area contributed by atoms with Crippen LogP contribution in [0.1, 0.15) is 35.7 Å². The third-order valence-electron chi connectivity index (χ3n) is 3.86. The molecule has 3 N–H and O–H groups in total. The van der Waals surface area contributed by atoms with Crippen LogP contribution in [0.2, 0.25) is 0 Å². The van der Waals surface area contributed by atoms with Crippen molar-refractivity contribution in [2.75, 3.05) is 5.32 Å². The van der Waals surface area contributed by atoms with Gasteiger partial charge in [-0.1, -0.05) is 38.1 Å². The van der Waals surface area contributed by atoms with E-state index >= 15 is 0 Å². The normalized spacial score (nSPS) is 10.8. The van der Waals surface area contributed by atoms with E-state index in [1.165, 1.54) is 29.0 Å². The highest BCUT2D eigenvalue weighted by molar-refractivity contribution is 7.14. The number of nitrogens with one attached hydrogen (secondary N) is 1. The fraction of sp³-hybridized carbons (Fsp3) is 0.158. The molecule has 0 amide bonds. The van der Waals surface area contributed by atoms with Crippen molar-refractivity contribution in [2.24, 2.45) is 0 Å². The Labute approximate surface area is 149 Å². The molecule has 3 rings (SSSR count). The van der Waals surface area contributed by atoms with Gasteiger partial charge in [0, 0.05) is 16.6 Å². The Bertz CT molecular complexity index is 901. The molecule has 0 aliphatic rings. The minimum atomic E-state index is -1.17. The summed E-state index contributed by atoms with van der Waals surface area (Å²) in [7, 11) is 0. The van der Waals surface area contributed by atoms with Gasteiger partial charge in [0.2, 0.25) is 0 Å². The summed E-state index contributed by atoms with van der Waals surface area (Å²) >= 11 is 1.44. The summed E-state index contributed by atoms with van der Waals surface area (Å²) in [6, 6.07) is 12.7. The van der Waals surface area contributed by atoms with Crippen LogP contribution in [-0.2, 0) is 0 Å². The Balaban J connectivity index is 1.80. The van der Waals surface area contributed by atoms with E-state index in [0.717, 1.165) is 11.3 Å². The smallest absolute Gasteiger partial charge is 0.339 e. The Hall–Kier alpha value is -2.86.